The summed E-state index contributed by atoms with van der Waals surface area (Å²) in [6.45, 7) is 21.8. The number of benzene rings is 12. The molecule has 0 unspecified atom stereocenters. The molecule has 0 saturated carbocycles. The molecular weight excluding hydrogens is 1050 g/mol. The van der Waals surface area contributed by atoms with E-state index in [9.17, 15) is 5.26 Å². The summed E-state index contributed by atoms with van der Waals surface area (Å²) >= 11 is 0. The number of rotatable bonds is 10. The van der Waals surface area contributed by atoms with Crippen LogP contribution in [0.5, 0.6) is 0 Å². The average Bonchev–Trinajstić information content (AvgIpc) is 1.71. The van der Waals surface area contributed by atoms with E-state index in [-0.39, 0.29) is 16.2 Å². The highest BCUT2D eigenvalue weighted by Gasteiger charge is 2.39. The molecule has 4 nitrogen and oxygen atoms in total. The molecule has 4 heteroatoms. The molecule has 0 aromatic heterocycles. The van der Waals surface area contributed by atoms with Gasteiger partial charge in [0.05, 0.1) is 29.6 Å². The Morgan fingerprint density at radius 1 is 0.345 bits per heavy atom. The average molecular weight is 1120 g/mol. The largest absolute Gasteiger partial charge is 0.310 e. The molecule has 12 aromatic rings. The van der Waals surface area contributed by atoms with Crippen molar-refractivity contribution in [1.29, 1.82) is 5.26 Å². The van der Waals surface area contributed by atoms with Crippen molar-refractivity contribution in [3.05, 3.63) is 315 Å². The monoisotopic (exact) mass is 1110 g/mol. The highest BCUT2D eigenvalue weighted by atomic mass is 15.1. The topological polar surface area (TPSA) is 34.6 Å². The first kappa shape index (κ1) is 53.0. The van der Waals surface area contributed by atoms with Crippen molar-refractivity contribution < 1.29 is 0 Å². The first-order valence-electron chi connectivity index (χ1n) is 30.0. The number of nitrogens with zero attached hydrogens (tertiary/aromatic N) is 4. The van der Waals surface area contributed by atoms with Gasteiger partial charge in [-0.15, -0.1) is 0 Å². The van der Waals surface area contributed by atoms with Crippen LogP contribution in [0.15, 0.2) is 243 Å². The van der Waals surface area contributed by atoms with Crippen LogP contribution in [0.1, 0.15) is 103 Å². The molecule has 0 spiro atoms. The van der Waals surface area contributed by atoms with Crippen LogP contribution in [0.2, 0.25) is 0 Å². The Labute approximate surface area is 510 Å². The summed E-state index contributed by atoms with van der Waals surface area (Å²) in [5.74, 6) is 0. The molecule has 0 amide bonds. The maximum absolute atomic E-state index is 9.66. The van der Waals surface area contributed by atoms with Crippen molar-refractivity contribution in [2.24, 2.45) is 0 Å². The van der Waals surface area contributed by atoms with E-state index in [1.54, 1.807) is 0 Å². The van der Waals surface area contributed by atoms with Gasteiger partial charge in [0.25, 0.3) is 0 Å². The van der Waals surface area contributed by atoms with Gasteiger partial charge >= 0.3 is 0 Å². The molecule has 15 rings (SSSR count). The van der Waals surface area contributed by atoms with Crippen LogP contribution in [-0.2, 0) is 16.2 Å². The molecule has 0 N–H and O–H groups in total. The third-order valence-electron chi connectivity index (χ3n) is 19.1. The van der Waals surface area contributed by atoms with Crippen LogP contribution < -0.4 is 9.80 Å². The van der Waals surface area contributed by atoms with E-state index in [0.717, 1.165) is 34.1 Å². The van der Waals surface area contributed by atoms with Crippen molar-refractivity contribution in [2.75, 3.05) is 9.80 Å². The Hall–Kier alpha value is -10.8. The van der Waals surface area contributed by atoms with E-state index < -0.39 is 0 Å². The summed E-state index contributed by atoms with van der Waals surface area (Å²) in [4.78, 5) is 8.36. The number of nitriles is 1. The van der Waals surface area contributed by atoms with Crippen LogP contribution >= 0.6 is 0 Å². The lowest BCUT2D eigenvalue weighted by atomic mass is 9.81. The predicted octanol–water partition coefficient (Wildman–Crippen LogP) is 22.6. The van der Waals surface area contributed by atoms with Crippen molar-refractivity contribution in [3.63, 3.8) is 0 Å². The summed E-state index contributed by atoms with van der Waals surface area (Å²) in [6, 6.07) is 90.0. The van der Waals surface area contributed by atoms with Crippen LogP contribution in [-0.4, -0.2) is 0 Å². The summed E-state index contributed by atoms with van der Waals surface area (Å²) in [6.07, 6.45) is 9.10. The van der Waals surface area contributed by atoms with Gasteiger partial charge in [-0.3, -0.25) is 0 Å². The highest BCUT2D eigenvalue weighted by molar-refractivity contribution is 6.01. The van der Waals surface area contributed by atoms with E-state index in [2.05, 4.69) is 305 Å². The van der Waals surface area contributed by atoms with Crippen LogP contribution in [0, 0.1) is 17.9 Å². The zero-order valence-electron chi connectivity index (χ0n) is 49.7. The molecule has 3 aliphatic rings. The first-order valence-corrected chi connectivity index (χ1v) is 30.0. The predicted molar refractivity (Wildman–Crippen MR) is 365 cm³/mol. The van der Waals surface area contributed by atoms with Gasteiger partial charge in [-0.2, -0.15) is 5.26 Å². The molecule has 0 atom stereocenters. The first-order chi connectivity index (χ1) is 42.3. The van der Waals surface area contributed by atoms with Gasteiger partial charge in [0, 0.05) is 49.8 Å². The van der Waals surface area contributed by atoms with Gasteiger partial charge in [-0.1, -0.05) is 236 Å². The summed E-state index contributed by atoms with van der Waals surface area (Å²) in [5, 5.41) is 14.4. The summed E-state index contributed by atoms with van der Waals surface area (Å²) in [7, 11) is 0. The normalized spacial score (nSPS) is 14.3. The zero-order chi connectivity index (χ0) is 59.3. The lowest BCUT2D eigenvalue weighted by molar-refractivity contribution is 0.660. The van der Waals surface area contributed by atoms with Gasteiger partial charge in [-0.05, 0) is 173 Å². The van der Waals surface area contributed by atoms with Crippen LogP contribution in [0.3, 0.4) is 0 Å². The fourth-order valence-corrected chi connectivity index (χ4v) is 14.4. The Kier molecular flexibility index (Phi) is 12.3. The minimum atomic E-state index is -0.243. The second kappa shape index (κ2) is 20.2. The lowest BCUT2D eigenvalue weighted by Gasteiger charge is -2.29. The number of fused-ring (bicyclic) bond motifs is 11. The third kappa shape index (κ3) is 8.71. The third-order valence-corrected chi connectivity index (χ3v) is 19.1. The summed E-state index contributed by atoms with van der Waals surface area (Å²) in [5.41, 5.74) is 27.4. The minimum Gasteiger partial charge on any atom is -0.310 e. The second-order valence-electron chi connectivity index (χ2n) is 25.2. The number of anilines is 6. The van der Waals surface area contributed by atoms with Gasteiger partial charge in [-0.25, -0.2) is 4.85 Å². The second-order valence-corrected chi connectivity index (χ2v) is 25.2. The fraction of sp³-hybridized carbons (Fsp3) is 0.108. The minimum absolute atomic E-state index is 0.184. The fourth-order valence-electron chi connectivity index (χ4n) is 14.4. The summed E-state index contributed by atoms with van der Waals surface area (Å²) < 4.78 is 0. The number of hydrogen-bond acceptors (Lipinski definition) is 3. The zero-order valence-corrected chi connectivity index (χ0v) is 49.7. The maximum Gasteiger partial charge on any atom is 0.187 e. The Bertz CT molecular complexity index is 4650. The van der Waals surface area contributed by atoms with Crippen molar-refractivity contribution in [3.8, 4) is 39.4 Å². The maximum atomic E-state index is 9.66. The molecule has 0 saturated heterocycles. The van der Waals surface area contributed by atoms with E-state index >= 15 is 0 Å². The molecule has 0 heterocycles. The van der Waals surface area contributed by atoms with E-state index in [1.165, 1.54) is 111 Å². The Morgan fingerprint density at radius 3 is 1.01 bits per heavy atom. The van der Waals surface area contributed by atoms with E-state index in [0.29, 0.717) is 11.3 Å². The van der Waals surface area contributed by atoms with E-state index in [1.807, 2.05) is 24.3 Å². The van der Waals surface area contributed by atoms with Gasteiger partial charge in [0.15, 0.2) is 5.69 Å². The lowest BCUT2D eigenvalue weighted by Crippen LogP contribution is -2.17. The molecule has 87 heavy (non-hydrogen) atoms. The van der Waals surface area contributed by atoms with Crippen LogP contribution in [0.4, 0.5) is 39.8 Å². The molecule has 12 aromatic carbocycles. The number of hydrogen-bond donors (Lipinski definition) is 0. The van der Waals surface area contributed by atoms with Gasteiger partial charge < -0.3 is 9.80 Å². The Balaban J connectivity index is 0.672. The smallest absolute Gasteiger partial charge is 0.187 e. The molecule has 3 aliphatic carbocycles. The molecule has 0 bridgehead atoms. The standard InChI is InChI=1S/C83H62N4/c1-81(2)73-46-53(22-24-55-30-42-69-71-44-38-63(50-77(71)82(3,4)75(69)48-55)86(61-34-26-57(52-84)27-35-61)79-20-12-16-58-14-8-10-18-65(58)79)28-40-67(73)68-41-29-54(47-74(68)81)23-25-56-31-43-70-72-45-39-64(51-78(72)83(5,6)76(70)49-56)87(62-36-32-60(85-7)33-37-62)80-21-13-17-59-15-9-11-19-66(59)80/h8-51H,1-6H3/b24-22+,25-23+. The van der Waals surface area contributed by atoms with Crippen LogP contribution in [0.25, 0.3) is 84.1 Å². The van der Waals surface area contributed by atoms with Crippen molar-refractivity contribution >= 4 is 85.7 Å². The SMILES string of the molecule is [C-]#[N+]c1ccc(N(c2ccc3c(c2)C(C)(C)c2cc(/C=C/c4ccc5c(c4)C(C)(C)c4cc(/C=C/c6ccc7c(c6)C(C)(C)c6cc(N(c8ccc(C#N)cc8)c8cccc9ccccc89)ccc6-7)ccc4-5)ccc2-3)c2cccc3ccccc23)cc1. The quantitative estimate of drug-likeness (QED) is 0.101. The molecule has 0 fully saturated rings. The van der Waals surface area contributed by atoms with Crippen molar-refractivity contribution in [1.82, 2.24) is 0 Å². The van der Waals surface area contributed by atoms with Crippen molar-refractivity contribution in [2.45, 2.75) is 57.8 Å². The molecule has 414 valence electrons. The highest BCUT2D eigenvalue weighted by Crippen LogP contribution is 2.55. The molecule has 0 radical (unpaired) electrons. The van der Waals surface area contributed by atoms with E-state index in [4.69, 9.17) is 6.57 Å². The van der Waals surface area contributed by atoms with Gasteiger partial charge in [0.2, 0.25) is 0 Å². The molecule has 0 aliphatic heterocycles. The molecular formula is C83H62N4. The Morgan fingerprint density at radius 2 is 0.655 bits per heavy atom. The van der Waals surface area contributed by atoms with Gasteiger partial charge in [0.1, 0.15) is 0 Å².